The fourth-order valence-electron chi connectivity index (χ4n) is 2.84. The third-order valence-corrected chi connectivity index (χ3v) is 4.33. The Morgan fingerprint density at radius 3 is 2.22 bits per heavy atom. The van der Waals surface area contributed by atoms with Crippen molar-refractivity contribution in [3.63, 3.8) is 0 Å². The number of rotatable bonds is 6. The number of nitrogens with one attached hydrogen (secondary N) is 1. The maximum Gasteiger partial charge on any atom is 0.250 e. The number of carbonyl (C=O) groups excluding carboxylic acids is 1. The topological polar surface area (TPSA) is 52.6 Å². The van der Waals surface area contributed by atoms with E-state index in [2.05, 4.69) is 11.9 Å². The third kappa shape index (κ3) is 4.43. The Bertz CT molecular complexity index is 924. The maximum absolute atomic E-state index is 12.1. The van der Waals surface area contributed by atoms with Gasteiger partial charge in [-0.25, -0.2) is 0 Å². The summed E-state index contributed by atoms with van der Waals surface area (Å²) in [5.74, 6) is -0.216. The maximum atomic E-state index is 12.1. The molecule has 1 amide bonds. The molecule has 4 nitrogen and oxygen atoms in total. The highest BCUT2D eigenvalue weighted by Crippen LogP contribution is 2.30. The van der Waals surface area contributed by atoms with Crippen molar-refractivity contribution in [1.29, 1.82) is 0 Å². The molecule has 0 saturated carbocycles. The van der Waals surface area contributed by atoms with Gasteiger partial charge >= 0.3 is 0 Å². The van der Waals surface area contributed by atoms with Gasteiger partial charge in [0, 0.05) is 24.1 Å². The fourth-order valence-corrected chi connectivity index (χ4v) is 2.84. The van der Waals surface area contributed by atoms with Gasteiger partial charge in [0.15, 0.2) is 0 Å². The monoisotopic (exact) mass is 358 g/mol. The average molecular weight is 358 g/mol. The number of amides is 1. The molecular formula is C23H22N2O2. The zero-order valence-corrected chi connectivity index (χ0v) is 15.2. The molecule has 3 aromatic rings. The van der Waals surface area contributed by atoms with Crippen LogP contribution in [0.2, 0.25) is 0 Å². The summed E-state index contributed by atoms with van der Waals surface area (Å²) in [6.45, 7) is 3.55. The first-order valence-corrected chi connectivity index (χ1v) is 8.68. The molecule has 0 aromatic heterocycles. The number of nitrogens with zero attached hydrogens (tertiary/aromatic N) is 1. The number of hydrogen-bond acceptors (Lipinski definition) is 3. The third-order valence-electron chi connectivity index (χ3n) is 4.33. The predicted molar refractivity (Wildman–Crippen MR) is 110 cm³/mol. The first-order chi connectivity index (χ1) is 13.1. The van der Waals surface area contributed by atoms with Crippen LogP contribution in [0, 0.1) is 0 Å². The molecule has 1 unspecified atom stereocenters. The minimum atomic E-state index is -0.797. The highest BCUT2D eigenvalue weighted by molar-refractivity contribution is 6.01. The van der Waals surface area contributed by atoms with Crippen LogP contribution >= 0.6 is 0 Å². The van der Waals surface area contributed by atoms with Crippen LogP contribution < -0.4 is 10.2 Å². The Morgan fingerprint density at radius 1 is 0.963 bits per heavy atom. The second-order valence-corrected chi connectivity index (χ2v) is 6.22. The lowest BCUT2D eigenvalue weighted by Gasteiger charge is -2.21. The molecule has 0 aliphatic rings. The van der Waals surface area contributed by atoms with Crippen LogP contribution in [0.5, 0.6) is 0 Å². The summed E-state index contributed by atoms with van der Waals surface area (Å²) in [7, 11) is 1.68. The van der Waals surface area contributed by atoms with Crippen LogP contribution in [0.15, 0.2) is 91.5 Å². The Kier molecular flexibility index (Phi) is 5.69. The number of likely N-dealkylation sites (N-methyl/N-ethyl adjacent to an activating group) is 1. The fraction of sp³-hybridized carbons (Fsp3) is 0.0870. The zero-order valence-electron chi connectivity index (χ0n) is 15.2. The number of benzene rings is 3. The van der Waals surface area contributed by atoms with Crippen LogP contribution in [-0.2, 0) is 4.79 Å². The van der Waals surface area contributed by atoms with E-state index in [-0.39, 0.29) is 5.91 Å². The van der Waals surface area contributed by atoms with E-state index in [4.69, 9.17) is 0 Å². The molecule has 4 heteroatoms. The molecule has 27 heavy (non-hydrogen) atoms. The van der Waals surface area contributed by atoms with E-state index in [1.807, 2.05) is 78.9 Å². The number of para-hydroxylation sites is 1. The Labute approximate surface area is 159 Å². The van der Waals surface area contributed by atoms with E-state index in [9.17, 15) is 9.90 Å². The Balaban J connectivity index is 2.02. The van der Waals surface area contributed by atoms with Crippen LogP contribution in [0.4, 0.5) is 17.1 Å². The Morgan fingerprint density at radius 2 is 1.59 bits per heavy atom. The summed E-state index contributed by atoms with van der Waals surface area (Å²) in [6, 6.07) is 24.8. The van der Waals surface area contributed by atoms with Gasteiger partial charge in [-0.1, -0.05) is 55.1 Å². The minimum absolute atomic E-state index is 0.216. The highest BCUT2D eigenvalue weighted by Gasteiger charge is 2.15. The van der Waals surface area contributed by atoms with Crippen molar-refractivity contribution in [3.8, 4) is 0 Å². The molecule has 2 N–H and O–H groups in total. The number of aliphatic hydroxyl groups excluding tert-OH is 1. The van der Waals surface area contributed by atoms with Gasteiger partial charge in [0.25, 0.3) is 0 Å². The summed E-state index contributed by atoms with van der Waals surface area (Å²) in [6.07, 6.45) is 0.472. The van der Waals surface area contributed by atoms with E-state index in [0.29, 0.717) is 11.3 Å². The number of hydrogen-bond donors (Lipinski definition) is 2. The average Bonchev–Trinajstić information content (AvgIpc) is 2.73. The predicted octanol–water partition coefficient (Wildman–Crippen LogP) is 4.66. The normalized spacial score (nSPS) is 11.5. The molecule has 1 atom stereocenters. The van der Waals surface area contributed by atoms with Crippen molar-refractivity contribution in [1.82, 2.24) is 0 Å². The van der Waals surface area contributed by atoms with E-state index in [0.717, 1.165) is 16.9 Å². The Hall–Kier alpha value is -3.37. The van der Waals surface area contributed by atoms with Gasteiger partial charge < -0.3 is 15.3 Å². The van der Waals surface area contributed by atoms with Crippen molar-refractivity contribution in [2.75, 3.05) is 17.3 Å². The smallest absolute Gasteiger partial charge is 0.250 e. The quantitative estimate of drug-likeness (QED) is 0.630. The van der Waals surface area contributed by atoms with Gasteiger partial charge in [-0.3, -0.25) is 4.79 Å². The minimum Gasteiger partial charge on any atom is -0.384 e. The molecule has 3 aromatic carbocycles. The summed E-state index contributed by atoms with van der Waals surface area (Å²) in [5.41, 5.74) is 3.87. The summed E-state index contributed by atoms with van der Waals surface area (Å²) >= 11 is 0. The lowest BCUT2D eigenvalue weighted by Crippen LogP contribution is -2.24. The van der Waals surface area contributed by atoms with Gasteiger partial charge in [-0.05, 0) is 47.5 Å². The second kappa shape index (κ2) is 8.34. The molecule has 3 rings (SSSR count). The molecule has 0 fully saturated rings. The largest absolute Gasteiger partial charge is 0.384 e. The van der Waals surface area contributed by atoms with E-state index < -0.39 is 6.10 Å². The summed E-state index contributed by atoms with van der Waals surface area (Å²) in [5, 5.41) is 14.2. The summed E-state index contributed by atoms with van der Waals surface area (Å²) < 4.78 is 0. The lowest BCUT2D eigenvalue weighted by molar-refractivity contribution is -0.113. The molecule has 0 saturated heterocycles. The first-order valence-electron chi connectivity index (χ1n) is 8.68. The second-order valence-electron chi connectivity index (χ2n) is 6.22. The zero-order chi connectivity index (χ0) is 19.2. The number of aliphatic hydroxyl groups is 1. The first kappa shape index (κ1) is 18.4. The van der Waals surface area contributed by atoms with Gasteiger partial charge in [0.1, 0.15) is 6.10 Å². The molecule has 0 aliphatic heterocycles. The van der Waals surface area contributed by atoms with Crippen LogP contribution in [0.3, 0.4) is 0 Å². The van der Waals surface area contributed by atoms with E-state index in [1.54, 1.807) is 7.05 Å². The molecular weight excluding hydrogens is 336 g/mol. The van der Waals surface area contributed by atoms with Crippen LogP contribution in [0.1, 0.15) is 17.2 Å². The van der Waals surface area contributed by atoms with Crippen LogP contribution in [-0.4, -0.2) is 18.1 Å². The number of carbonyl (C=O) groups is 1. The molecule has 0 radical (unpaired) electrons. The molecule has 0 heterocycles. The molecule has 0 aliphatic carbocycles. The van der Waals surface area contributed by atoms with Gasteiger partial charge in [-0.15, -0.1) is 0 Å². The summed E-state index contributed by atoms with van der Waals surface area (Å²) in [4.78, 5) is 13.6. The number of anilines is 3. The highest BCUT2D eigenvalue weighted by atomic mass is 16.3. The van der Waals surface area contributed by atoms with Gasteiger partial charge in [0.2, 0.25) is 5.91 Å². The SMILES string of the molecule is C=CC(=O)N(C)c1cc(Nc2ccccc2)cc(C(O)c2ccccc2)c1. The van der Waals surface area contributed by atoms with Gasteiger partial charge in [-0.2, -0.15) is 0 Å². The van der Waals surface area contributed by atoms with Crippen molar-refractivity contribution in [3.05, 3.63) is 103 Å². The van der Waals surface area contributed by atoms with Crippen LogP contribution in [0.25, 0.3) is 0 Å². The molecule has 0 spiro atoms. The van der Waals surface area contributed by atoms with Crippen molar-refractivity contribution in [2.24, 2.45) is 0 Å². The van der Waals surface area contributed by atoms with E-state index in [1.165, 1.54) is 11.0 Å². The molecule has 136 valence electrons. The van der Waals surface area contributed by atoms with Crippen molar-refractivity contribution >= 4 is 23.0 Å². The molecule has 0 bridgehead atoms. The van der Waals surface area contributed by atoms with Crippen molar-refractivity contribution < 1.29 is 9.90 Å². The van der Waals surface area contributed by atoms with Gasteiger partial charge in [0.05, 0.1) is 0 Å². The van der Waals surface area contributed by atoms with Crippen molar-refractivity contribution in [2.45, 2.75) is 6.10 Å². The standard InChI is InChI=1S/C23H22N2O2/c1-3-22(26)25(2)21-15-18(23(27)17-10-6-4-7-11-17)14-20(16-21)24-19-12-8-5-9-13-19/h3-16,23-24,27H,1H2,2H3. The van der Waals surface area contributed by atoms with E-state index >= 15 is 0 Å². The lowest BCUT2D eigenvalue weighted by atomic mass is 10.00.